The van der Waals surface area contributed by atoms with Crippen molar-refractivity contribution in [3.8, 4) is 17.2 Å². The SMILES string of the molecule is COc1ccc(OCc2cc(C(=N)N)ccc2OC)cc1. The van der Waals surface area contributed by atoms with Crippen LogP contribution < -0.4 is 19.9 Å². The van der Waals surface area contributed by atoms with E-state index in [0.29, 0.717) is 17.9 Å². The van der Waals surface area contributed by atoms with Crippen molar-refractivity contribution < 1.29 is 14.2 Å². The second-order valence-electron chi connectivity index (χ2n) is 4.40. The fraction of sp³-hybridized carbons (Fsp3) is 0.188. The van der Waals surface area contributed by atoms with E-state index in [1.165, 1.54) is 0 Å². The van der Waals surface area contributed by atoms with E-state index in [4.69, 9.17) is 25.4 Å². The van der Waals surface area contributed by atoms with Gasteiger partial charge in [0.1, 0.15) is 29.7 Å². The molecule has 0 aliphatic carbocycles. The van der Waals surface area contributed by atoms with Gasteiger partial charge in [-0.15, -0.1) is 0 Å². The molecule has 5 heteroatoms. The van der Waals surface area contributed by atoms with Crippen molar-refractivity contribution in [2.45, 2.75) is 6.61 Å². The molecule has 0 bridgehead atoms. The largest absolute Gasteiger partial charge is 0.497 e. The summed E-state index contributed by atoms with van der Waals surface area (Å²) in [4.78, 5) is 0. The molecule has 0 fully saturated rings. The van der Waals surface area contributed by atoms with Crippen molar-refractivity contribution in [2.75, 3.05) is 14.2 Å². The summed E-state index contributed by atoms with van der Waals surface area (Å²) < 4.78 is 16.1. The molecule has 2 aromatic carbocycles. The average molecular weight is 286 g/mol. The van der Waals surface area contributed by atoms with E-state index in [9.17, 15) is 0 Å². The van der Waals surface area contributed by atoms with Gasteiger partial charge in [0.2, 0.25) is 0 Å². The Morgan fingerprint density at radius 3 is 2.24 bits per heavy atom. The molecule has 0 saturated carbocycles. The van der Waals surface area contributed by atoms with Gasteiger partial charge in [0.05, 0.1) is 14.2 Å². The van der Waals surface area contributed by atoms with Crippen LogP contribution in [0.4, 0.5) is 0 Å². The van der Waals surface area contributed by atoms with Gasteiger partial charge in [-0.1, -0.05) is 0 Å². The lowest BCUT2D eigenvalue weighted by atomic mass is 10.1. The number of ether oxygens (including phenoxy) is 3. The molecule has 110 valence electrons. The minimum Gasteiger partial charge on any atom is -0.497 e. The van der Waals surface area contributed by atoms with Gasteiger partial charge in [-0.3, -0.25) is 5.41 Å². The molecule has 0 saturated heterocycles. The van der Waals surface area contributed by atoms with Crippen molar-refractivity contribution in [1.82, 2.24) is 0 Å². The van der Waals surface area contributed by atoms with Crippen molar-refractivity contribution in [2.24, 2.45) is 5.73 Å². The normalized spacial score (nSPS) is 10.0. The Hall–Kier alpha value is -2.69. The monoisotopic (exact) mass is 286 g/mol. The van der Waals surface area contributed by atoms with Gasteiger partial charge in [0, 0.05) is 11.1 Å². The fourth-order valence-electron chi connectivity index (χ4n) is 1.89. The number of rotatable bonds is 6. The fourth-order valence-corrected chi connectivity index (χ4v) is 1.89. The zero-order valence-electron chi connectivity index (χ0n) is 12.1. The number of amidine groups is 1. The Kier molecular flexibility index (Phi) is 4.66. The van der Waals surface area contributed by atoms with E-state index in [2.05, 4.69) is 0 Å². The van der Waals surface area contributed by atoms with Crippen molar-refractivity contribution >= 4 is 5.84 Å². The molecule has 2 rings (SSSR count). The van der Waals surface area contributed by atoms with Crippen molar-refractivity contribution in [1.29, 1.82) is 5.41 Å². The summed E-state index contributed by atoms with van der Waals surface area (Å²) in [6, 6.07) is 12.7. The molecule has 0 heterocycles. The highest BCUT2D eigenvalue weighted by atomic mass is 16.5. The zero-order chi connectivity index (χ0) is 15.2. The van der Waals surface area contributed by atoms with E-state index < -0.39 is 0 Å². The molecule has 0 spiro atoms. The van der Waals surface area contributed by atoms with Crippen LogP contribution in [0.5, 0.6) is 17.2 Å². The van der Waals surface area contributed by atoms with Crippen LogP contribution in [0.1, 0.15) is 11.1 Å². The molecule has 0 aliphatic heterocycles. The minimum absolute atomic E-state index is 0.0170. The number of methoxy groups -OCH3 is 2. The molecule has 0 unspecified atom stereocenters. The number of nitrogens with one attached hydrogen (secondary N) is 1. The summed E-state index contributed by atoms with van der Waals surface area (Å²) in [5.41, 5.74) is 6.98. The number of hydrogen-bond donors (Lipinski definition) is 2. The Labute approximate surface area is 123 Å². The van der Waals surface area contributed by atoms with Crippen molar-refractivity contribution in [3.63, 3.8) is 0 Å². The first kappa shape index (κ1) is 14.7. The molecule has 21 heavy (non-hydrogen) atoms. The number of benzene rings is 2. The molecule has 2 aromatic rings. The number of nitrogen functional groups attached to an aromatic ring is 1. The molecule has 5 nitrogen and oxygen atoms in total. The van der Waals surface area contributed by atoms with Crippen LogP contribution in [0.15, 0.2) is 42.5 Å². The van der Waals surface area contributed by atoms with E-state index in [1.54, 1.807) is 32.4 Å². The lowest BCUT2D eigenvalue weighted by Gasteiger charge is -2.12. The number of nitrogens with two attached hydrogens (primary N) is 1. The van der Waals surface area contributed by atoms with Crippen molar-refractivity contribution in [3.05, 3.63) is 53.6 Å². The van der Waals surface area contributed by atoms with Gasteiger partial charge in [-0.2, -0.15) is 0 Å². The van der Waals surface area contributed by atoms with Gasteiger partial charge in [-0.05, 0) is 42.5 Å². The maximum atomic E-state index is 7.48. The lowest BCUT2D eigenvalue weighted by molar-refractivity contribution is 0.296. The summed E-state index contributed by atoms with van der Waals surface area (Å²) in [7, 11) is 3.22. The first-order valence-corrected chi connectivity index (χ1v) is 6.42. The van der Waals surface area contributed by atoms with Crippen LogP contribution >= 0.6 is 0 Å². The minimum atomic E-state index is 0.0170. The summed E-state index contributed by atoms with van der Waals surface area (Å²) in [5, 5.41) is 7.48. The van der Waals surface area contributed by atoms with Crippen LogP contribution in [0, 0.1) is 5.41 Å². The molecule has 0 atom stereocenters. The molecule has 3 N–H and O–H groups in total. The number of hydrogen-bond acceptors (Lipinski definition) is 4. The molecular formula is C16H18N2O3. The van der Waals surface area contributed by atoms with Gasteiger partial charge >= 0.3 is 0 Å². The van der Waals surface area contributed by atoms with Gasteiger partial charge in [-0.25, -0.2) is 0 Å². The molecule has 0 aliphatic rings. The van der Waals surface area contributed by atoms with Crippen LogP contribution in [-0.4, -0.2) is 20.1 Å². The summed E-state index contributed by atoms with van der Waals surface area (Å²) in [5.74, 6) is 2.22. The first-order chi connectivity index (χ1) is 10.1. The summed E-state index contributed by atoms with van der Waals surface area (Å²) >= 11 is 0. The second kappa shape index (κ2) is 6.65. The van der Waals surface area contributed by atoms with Crippen LogP contribution in [0.3, 0.4) is 0 Å². The smallest absolute Gasteiger partial charge is 0.125 e. The third-order valence-corrected chi connectivity index (χ3v) is 3.05. The molecule has 0 aromatic heterocycles. The first-order valence-electron chi connectivity index (χ1n) is 6.42. The Morgan fingerprint density at radius 2 is 1.67 bits per heavy atom. The quantitative estimate of drug-likeness (QED) is 0.632. The Balaban J connectivity index is 2.13. The third kappa shape index (κ3) is 3.66. The Morgan fingerprint density at radius 1 is 1.00 bits per heavy atom. The highest BCUT2D eigenvalue weighted by Crippen LogP contribution is 2.23. The lowest BCUT2D eigenvalue weighted by Crippen LogP contribution is -2.12. The van der Waals surface area contributed by atoms with E-state index >= 15 is 0 Å². The summed E-state index contributed by atoms with van der Waals surface area (Å²) in [6.07, 6.45) is 0. The highest BCUT2D eigenvalue weighted by molar-refractivity contribution is 5.95. The standard InChI is InChI=1S/C16H18N2O3/c1-19-13-4-6-14(7-5-13)21-10-12-9-11(16(17)18)3-8-15(12)20-2/h3-9H,10H2,1-2H3,(H3,17,18). The van der Waals surface area contributed by atoms with Gasteiger partial charge in [0.15, 0.2) is 0 Å². The highest BCUT2D eigenvalue weighted by Gasteiger charge is 2.07. The Bertz CT molecular complexity index is 624. The van der Waals surface area contributed by atoms with Gasteiger partial charge < -0.3 is 19.9 Å². The topological polar surface area (TPSA) is 77.6 Å². The molecule has 0 radical (unpaired) electrons. The molecular weight excluding hydrogens is 268 g/mol. The predicted molar refractivity (Wildman–Crippen MR) is 81.3 cm³/mol. The maximum Gasteiger partial charge on any atom is 0.125 e. The average Bonchev–Trinajstić information content (AvgIpc) is 2.53. The van der Waals surface area contributed by atoms with Gasteiger partial charge in [0.25, 0.3) is 0 Å². The van der Waals surface area contributed by atoms with E-state index in [-0.39, 0.29) is 5.84 Å². The second-order valence-corrected chi connectivity index (χ2v) is 4.40. The van der Waals surface area contributed by atoms with E-state index in [1.807, 2.05) is 24.3 Å². The zero-order valence-corrected chi connectivity index (χ0v) is 12.1. The molecule has 0 amide bonds. The van der Waals surface area contributed by atoms with Crippen LogP contribution in [-0.2, 0) is 6.61 Å². The third-order valence-electron chi connectivity index (χ3n) is 3.05. The van der Waals surface area contributed by atoms with Crippen LogP contribution in [0.25, 0.3) is 0 Å². The predicted octanol–water partition coefficient (Wildman–Crippen LogP) is 2.57. The maximum absolute atomic E-state index is 7.48. The van der Waals surface area contributed by atoms with Crippen LogP contribution in [0.2, 0.25) is 0 Å². The summed E-state index contributed by atoms with van der Waals surface area (Å²) in [6.45, 7) is 0.330. The van der Waals surface area contributed by atoms with E-state index in [0.717, 1.165) is 17.1 Å².